The largest absolute Gasteiger partial charge is 0.416 e. The fourth-order valence-electron chi connectivity index (χ4n) is 4.42. The maximum atomic E-state index is 13.3. The number of nitrogens with zero attached hydrogens (tertiary/aromatic N) is 5. The van der Waals surface area contributed by atoms with Gasteiger partial charge in [-0.1, -0.05) is 0 Å². The minimum absolute atomic E-state index is 0.0476. The van der Waals surface area contributed by atoms with E-state index in [-0.39, 0.29) is 5.69 Å². The molecule has 0 amide bonds. The summed E-state index contributed by atoms with van der Waals surface area (Å²) in [4.78, 5) is 16.2. The molecule has 0 bridgehead atoms. The lowest BCUT2D eigenvalue weighted by atomic mass is 10.0. The normalized spacial score (nSPS) is 15.1. The molecule has 1 aromatic carbocycles. The van der Waals surface area contributed by atoms with Gasteiger partial charge in [-0.2, -0.15) is 18.3 Å². The molecule has 4 aromatic rings. The molecule has 8 nitrogen and oxygen atoms in total. The summed E-state index contributed by atoms with van der Waals surface area (Å²) in [5.41, 5.74) is 7.72. The van der Waals surface area contributed by atoms with Gasteiger partial charge in [-0.3, -0.25) is 5.10 Å². The number of hydrogen-bond donors (Lipinski definition) is 3. The highest BCUT2D eigenvalue weighted by molar-refractivity contribution is 5.94. The fourth-order valence-corrected chi connectivity index (χ4v) is 4.42. The van der Waals surface area contributed by atoms with Gasteiger partial charge in [-0.25, -0.2) is 15.0 Å². The fraction of sp³-hybridized carbons (Fsp3) is 0.333. The first kappa shape index (κ1) is 22.9. The van der Waals surface area contributed by atoms with E-state index in [4.69, 9.17) is 10.7 Å². The molecule has 0 unspecified atom stereocenters. The molecule has 1 fully saturated rings. The molecular formula is C24H25F3N8. The number of anilines is 3. The van der Waals surface area contributed by atoms with Crippen LogP contribution in [0.1, 0.15) is 42.8 Å². The standard InChI is InChI=1S/C24H25F3N8/c1-13(15-7-17(24(25,26)27)9-18(28)8-15)31-21-20-10-19(16-11-29-30-12-16)23(35-5-3-4-6-35)34-22(20)33-14(2)32-21/h7-13H,3-6,28H2,1-2H3,(H,29,30)(H,31,32,33,34)/t13-/m1/s1. The number of alkyl halides is 3. The topological polar surface area (TPSA) is 109 Å². The monoisotopic (exact) mass is 482 g/mol. The van der Waals surface area contributed by atoms with Crippen molar-refractivity contribution in [2.75, 3.05) is 29.0 Å². The number of H-pyrrole nitrogens is 1. The SMILES string of the molecule is Cc1nc(N[C@H](C)c2cc(N)cc(C(F)(F)F)c2)c2cc(-c3cn[nH]c3)c(N3CCCC3)nc2n1. The number of nitrogen functional groups attached to an aromatic ring is 1. The number of fused-ring (bicyclic) bond motifs is 1. The van der Waals surface area contributed by atoms with E-state index >= 15 is 0 Å². The molecule has 3 aromatic heterocycles. The number of nitrogens with one attached hydrogen (secondary N) is 2. The van der Waals surface area contributed by atoms with Crippen LogP contribution in [0.5, 0.6) is 0 Å². The lowest BCUT2D eigenvalue weighted by Gasteiger charge is -2.22. The molecule has 0 spiro atoms. The second-order valence-corrected chi connectivity index (χ2v) is 8.78. The van der Waals surface area contributed by atoms with E-state index in [9.17, 15) is 13.2 Å². The smallest absolute Gasteiger partial charge is 0.399 e. The summed E-state index contributed by atoms with van der Waals surface area (Å²) in [7, 11) is 0. The first-order valence-corrected chi connectivity index (χ1v) is 11.4. The summed E-state index contributed by atoms with van der Waals surface area (Å²) < 4.78 is 40.0. The third kappa shape index (κ3) is 4.58. The van der Waals surface area contributed by atoms with Crippen molar-refractivity contribution in [3.63, 3.8) is 0 Å². The minimum Gasteiger partial charge on any atom is -0.399 e. The lowest BCUT2D eigenvalue weighted by Crippen LogP contribution is -2.20. The van der Waals surface area contributed by atoms with Gasteiger partial charge in [-0.05, 0) is 56.5 Å². The van der Waals surface area contributed by atoms with Crippen LogP contribution in [0, 0.1) is 6.92 Å². The Kier molecular flexibility index (Phi) is 5.70. The quantitative estimate of drug-likeness (QED) is 0.340. The van der Waals surface area contributed by atoms with Crippen molar-refractivity contribution in [1.82, 2.24) is 25.1 Å². The van der Waals surface area contributed by atoms with E-state index in [1.165, 1.54) is 6.07 Å². The molecule has 4 N–H and O–H groups in total. The van der Waals surface area contributed by atoms with Crippen molar-refractivity contribution in [2.45, 2.75) is 38.9 Å². The van der Waals surface area contributed by atoms with Crippen LogP contribution in [0.15, 0.2) is 36.7 Å². The second kappa shape index (κ2) is 8.71. The van der Waals surface area contributed by atoms with Crippen LogP contribution in [0.2, 0.25) is 0 Å². The summed E-state index contributed by atoms with van der Waals surface area (Å²) in [6.45, 7) is 5.35. The van der Waals surface area contributed by atoms with Crippen molar-refractivity contribution >= 4 is 28.4 Å². The van der Waals surface area contributed by atoms with E-state index < -0.39 is 17.8 Å². The van der Waals surface area contributed by atoms with Crippen LogP contribution in [0.3, 0.4) is 0 Å². The number of benzene rings is 1. The van der Waals surface area contributed by atoms with Crippen molar-refractivity contribution in [2.24, 2.45) is 0 Å². The Labute approximate surface area is 199 Å². The average Bonchev–Trinajstić information content (AvgIpc) is 3.51. The number of pyridine rings is 1. The molecule has 5 rings (SSSR count). The number of halogens is 3. The van der Waals surface area contributed by atoms with Crippen LogP contribution >= 0.6 is 0 Å². The zero-order valence-corrected chi connectivity index (χ0v) is 19.3. The molecule has 1 atom stereocenters. The first-order chi connectivity index (χ1) is 16.7. The Balaban J connectivity index is 1.59. The highest BCUT2D eigenvalue weighted by Gasteiger charge is 2.31. The Bertz CT molecular complexity index is 1360. The molecule has 0 radical (unpaired) electrons. The van der Waals surface area contributed by atoms with Crippen molar-refractivity contribution in [1.29, 1.82) is 0 Å². The molecule has 0 saturated carbocycles. The highest BCUT2D eigenvalue weighted by Crippen LogP contribution is 2.37. The molecule has 1 aliphatic rings. The van der Waals surface area contributed by atoms with Gasteiger partial charge >= 0.3 is 6.18 Å². The summed E-state index contributed by atoms with van der Waals surface area (Å²) in [5, 5.41) is 10.9. The Hall–Kier alpha value is -3.89. The summed E-state index contributed by atoms with van der Waals surface area (Å²) in [6.07, 6.45) is 1.24. The summed E-state index contributed by atoms with van der Waals surface area (Å²) >= 11 is 0. The van der Waals surface area contributed by atoms with Gasteiger partial charge in [0.1, 0.15) is 17.5 Å². The average molecular weight is 483 g/mol. The second-order valence-electron chi connectivity index (χ2n) is 8.78. The molecule has 4 heterocycles. The molecule has 0 aliphatic carbocycles. The van der Waals surface area contributed by atoms with Crippen molar-refractivity contribution in [3.05, 3.63) is 53.6 Å². The van der Waals surface area contributed by atoms with Crippen LogP contribution in [-0.4, -0.2) is 38.2 Å². The van der Waals surface area contributed by atoms with Gasteiger partial charge in [0.2, 0.25) is 0 Å². The van der Waals surface area contributed by atoms with Gasteiger partial charge in [0, 0.05) is 36.1 Å². The lowest BCUT2D eigenvalue weighted by molar-refractivity contribution is -0.137. The van der Waals surface area contributed by atoms with Gasteiger partial charge in [0.25, 0.3) is 0 Å². The van der Waals surface area contributed by atoms with Gasteiger partial charge in [0.05, 0.1) is 23.2 Å². The molecule has 182 valence electrons. The first-order valence-electron chi connectivity index (χ1n) is 11.4. The molecule has 1 aliphatic heterocycles. The predicted octanol–water partition coefficient (Wildman–Crippen LogP) is 5.10. The van der Waals surface area contributed by atoms with E-state index in [1.807, 2.05) is 6.07 Å². The Morgan fingerprint density at radius 3 is 2.54 bits per heavy atom. The van der Waals surface area contributed by atoms with Gasteiger partial charge in [-0.15, -0.1) is 0 Å². The number of aromatic nitrogens is 5. The maximum Gasteiger partial charge on any atom is 0.416 e. The van der Waals surface area contributed by atoms with Crippen LogP contribution in [0.25, 0.3) is 22.2 Å². The number of aromatic amines is 1. The van der Waals surface area contributed by atoms with Crippen LogP contribution in [0.4, 0.5) is 30.5 Å². The maximum absolute atomic E-state index is 13.3. The predicted molar refractivity (Wildman–Crippen MR) is 129 cm³/mol. The minimum atomic E-state index is -4.49. The highest BCUT2D eigenvalue weighted by atomic mass is 19.4. The Morgan fingerprint density at radius 1 is 1.09 bits per heavy atom. The van der Waals surface area contributed by atoms with E-state index in [1.54, 1.807) is 26.2 Å². The molecular weight excluding hydrogens is 457 g/mol. The zero-order valence-electron chi connectivity index (χ0n) is 19.3. The number of aryl methyl sites for hydroxylation is 1. The zero-order chi connectivity index (χ0) is 24.7. The van der Waals surface area contributed by atoms with Crippen LogP contribution < -0.4 is 16.0 Å². The Morgan fingerprint density at radius 2 is 1.86 bits per heavy atom. The van der Waals surface area contributed by atoms with Gasteiger partial charge < -0.3 is 16.0 Å². The van der Waals surface area contributed by atoms with Gasteiger partial charge in [0.15, 0.2) is 5.65 Å². The third-order valence-corrected chi connectivity index (χ3v) is 6.15. The number of hydrogen-bond acceptors (Lipinski definition) is 7. The van der Waals surface area contributed by atoms with Crippen molar-refractivity contribution in [3.8, 4) is 11.1 Å². The summed E-state index contributed by atoms with van der Waals surface area (Å²) in [5.74, 6) is 1.83. The number of rotatable bonds is 5. The van der Waals surface area contributed by atoms with E-state index in [2.05, 4.69) is 30.4 Å². The third-order valence-electron chi connectivity index (χ3n) is 6.15. The summed E-state index contributed by atoms with van der Waals surface area (Å²) in [6, 6.07) is 5.03. The van der Waals surface area contributed by atoms with Crippen LogP contribution in [-0.2, 0) is 6.18 Å². The number of nitrogens with two attached hydrogens (primary N) is 1. The molecule has 35 heavy (non-hydrogen) atoms. The molecule has 11 heteroatoms. The van der Waals surface area contributed by atoms with E-state index in [0.717, 1.165) is 55.0 Å². The molecule has 1 saturated heterocycles. The van der Waals surface area contributed by atoms with E-state index in [0.29, 0.717) is 28.2 Å². The van der Waals surface area contributed by atoms with Crippen molar-refractivity contribution < 1.29 is 13.2 Å².